The molecule has 1 atom stereocenters. The van der Waals surface area contributed by atoms with Crippen LogP contribution in [0.5, 0.6) is 5.75 Å². The molecule has 0 saturated carbocycles. The third-order valence-corrected chi connectivity index (χ3v) is 8.82. The van der Waals surface area contributed by atoms with E-state index in [0.29, 0.717) is 30.2 Å². The number of fused-ring (bicyclic) bond motifs is 3. The van der Waals surface area contributed by atoms with Gasteiger partial charge in [-0.3, -0.25) is 9.59 Å². The maximum atomic E-state index is 12.1. The summed E-state index contributed by atoms with van der Waals surface area (Å²) in [7, 11) is 0. The lowest BCUT2D eigenvalue weighted by molar-refractivity contribution is -0.136. The molecule has 2 aliphatic rings. The predicted molar refractivity (Wildman–Crippen MR) is 155 cm³/mol. The fourth-order valence-corrected chi connectivity index (χ4v) is 6.68. The molecule has 40 heavy (non-hydrogen) atoms. The van der Waals surface area contributed by atoms with E-state index in [1.54, 1.807) is 13.1 Å². The van der Waals surface area contributed by atoms with Crippen molar-refractivity contribution >= 4 is 28.5 Å². The Balaban J connectivity index is 1.45. The van der Waals surface area contributed by atoms with Gasteiger partial charge in [0.15, 0.2) is 0 Å². The molecule has 1 aromatic heterocycles. The van der Waals surface area contributed by atoms with Crippen molar-refractivity contribution in [1.82, 2.24) is 9.88 Å². The highest BCUT2D eigenvalue weighted by Crippen LogP contribution is 2.53. The lowest BCUT2D eigenvalue weighted by atomic mass is 9.73. The number of nitrogens with two attached hydrogens (primary N) is 1. The van der Waals surface area contributed by atoms with E-state index in [1.807, 2.05) is 48.2 Å². The van der Waals surface area contributed by atoms with Gasteiger partial charge in [-0.1, -0.05) is 42.5 Å². The Morgan fingerprint density at radius 2 is 1.85 bits per heavy atom. The van der Waals surface area contributed by atoms with Crippen molar-refractivity contribution < 1.29 is 19.4 Å². The number of carbonyl (C=O) groups is 2. The van der Waals surface area contributed by atoms with Crippen LogP contribution in [0, 0.1) is 6.92 Å². The summed E-state index contributed by atoms with van der Waals surface area (Å²) in [6.45, 7) is 4.99. The molecule has 1 saturated heterocycles. The van der Waals surface area contributed by atoms with Gasteiger partial charge in [-0.25, -0.2) is 4.98 Å². The molecule has 7 nitrogen and oxygen atoms in total. The van der Waals surface area contributed by atoms with E-state index in [2.05, 4.69) is 29.2 Å². The summed E-state index contributed by atoms with van der Waals surface area (Å²) in [6.07, 6.45) is 3.92. The van der Waals surface area contributed by atoms with E-state index < -0.39 is 5.97 Å². The van der Waals surface area contributed by atoms with Crippen molar-refractivity contribution in [2.45, 2.75) is 51.0 Å². The third-order valence-electron chi connectivity index (χ3n) is 8.82. The van der Waals surface area contributed by atoms with Gasteiger partial charge in [0.1, 0.15) is 17.7 Å². The van der Waals surface area contributed by atoms with Crippen LogP contribution in [0.4, 0.5) is 5.82 Å². The summed E-state index contributed by atoms with van der Waals surface area (Å²) in [5, 5.41) is 11.5. The quantitative estimate of drug-likeness (QED) is 0.333. The summed E-state index contributed by atoms with van der Waals surface area (Å²) < 4.78 is 6.74. The van der Waals surface area contributed by atoms with Crippen LogP contribution in [0.3, 0.4) is 0 Å². The first-order valence-electron chi connectivity index (χ1n) is 13.8. The Kier molecular flexibility index (Phi) is 6.45. The summed E-state index contributed by atoms with van der Waals surface area (Å²) in [5.74, 6) is 0.347. The Bertz CT molecular complexity index is 1640. The highest BCUT2D eigenvalue weighted by atomic mass is 16.5. The van der Waals surface area contributed by atoms with Gasteiger partial charge in [-0.15, -0.1) is 0 Å². The normalized spacial score (nSPS) is 17.6. The molecule has 3 N–H and O–H groups in total. The van der Waals surface area contributed by atoms with Crippen LogP contribution in [0.1, 0.15) is 54.5 Å². The zero-order valence-corrected chi connectivity index (χ0v) is 22.8. The Morgan fingerprint density at radius 1 is 1.07 bits per heavy atom. The molecule has 1 fully saturated rings. The maximum absolute atomic E-state index is 12.1. The molecule has 204 valence electrons. The molecule has 0 bridgehead atoms. The number of anilines is 1. The first kappa shape index (κ1) is 25.9. The fraction of sp³-hybridized carbons (Fsp3) is 0.303. The van der Waals surface area contributed by atoms with Gasteiger partial charge in [0.25, 0.3) is 0 Å². The van der Waals surface area contributed by atoms with E-state index in [-0.39, 0.29) is 23.8 Å². The van der Waals surface area contributed by atoms with Crippen LogP contribution in [-0.4, -0.2) is 40.0 Å². The van der Waals surface area contributed by atoms with E-state index in [4.69, 9.17) is 10.5 Å². The predicted octanol–water partition coefficient (Wildman–Crippen LogP) is 5.82. The molecule has 1 aliphatic carbocycles. The van der Waals surface area contributed by atoms with Gasteiger partial charge < -0.3 is 20.5 Å². The Morgan fingerprint density at radius 3 is 2.60 bits per heavy atom. The molecule has 2 heterocycles. The smallest absolute Gasteiger partial charge is 0.307 e. The summed E-state index contributed by atoms with van der Waals surface area (Å²) in [4.78, 5) is 29.9. The molecule has 3 aromatic carbocycles. The van der Waals surface area contributed by atoms with Crippen LogP contribution in [0.25, 0.3) is 21.9 Å². The number of aryl methyl sites for hydroxylation is 1. The van der Waals surface area contributed by atoms with Crippen LogP contribution in [0.15, 0.2) is 66.9 Å². The number of aromatic nitrogens is 1. The third kappa shape index (κ3) is 4.45. The van der Waals surface area contributed by atoms with E-state index >= 15 is 0 Å². The molecule has 7 heteroatoms. The van der Waals surface area contributed by atoms with Gasteiger partial charge in [-0.05, 0) is 77.6 Å². The molecule has 1 spiro atoms. The number of piperidine rings is 1. The number of hydrogen-bond donors (Lipinski definition) is 2. The van der Waals surface area contributed by atoms with Crippen molar-refractivity contribution in [3.05, 3.63) is 89.1 Å². The summed E-state index contributed by atoms with van der Waals surface area (Å²) >= 11 is 0. The number of amides is 1. The standard InChI is InChI=1S/C33H33N3O4/c1-20-5-3-8-29(26(20)18-31(38)39)40-30-19-33(12-15-36(16-13-33)21(2)37)28-10-9-22(17-27(28)30)23-6-4-7-25-24(23)11-14-35-32(25)34/h3-11,14,17,30H,12-13,15-16,18-19H2,1-2H3,(H2,34,35)(H,38,39). The van der Waals surface area contributed by atoms with E-state index in [1.165, 1.54) is 5.56 Å². The minimum absolute atomic E-state index is 0.0915. The molecule has 4 aromatic rings. The highest BCUT2D eigenvalue weighted by molar-refractivity contribution is 6.01. The number of hydrogen-bond acceptors (Lipinski definition) is 5. The second kappa shape index (κ2) is 9.97. The average molecular weight is 536 g/mol. The van der Waals surface area contributed by atoms with Crippen molar-refractivity contribution in [1.29, 1.82) is 0 Å². The van der Waals surface area contributed by atoms with Gasteiger partial charge in [0.05, 0.1) is 6.42 Å². The maximum Gasteiger partial charge on any atom is 0.307 e. The van der Waals surface area contributed by atoms with Crippen LogP contribution in [0.2, 0.25) is 0 Å². The SMILES string of the molecule is CC(=O)N1CCC2(CC1)CC(Oc1cccc(C)c1CC(=O)O)c1cc(-c3cccc4c(N)nccc34)ccc12. The molecular formula is C33H33N3O4. The largest absolute Gasteiger partial charge is 0.485 e. The van der Waals surface area contributed by atoms with Crippen molar-refractivity contribution in [3.63, 3.8) is 0 Å². The van der Waals surface area contributed by atoms with Gasteiger partial charge in [0.2, 0.25) is 5.91 Å². The first-order chi connectivity index (χ1) is 19.3. The zero-order valence-electron chi connectivity index (χ0n) is 22.8. The molecule has 1 amide bonds. The number of likely N-dealkylation sites (tertiary alicyclic amines) is 1. The lowest BCUT2D eigenvalue weighted by Crippen LogP contribution is -2.43. The fourth-order valence-electron chi connectivity index (χ4n) is 6.68. The van der Waals surface area contributed by atoms with Gasteiger partial charge >= 0.3 is 5.97 Å². The minimum Gasteiger partial charge on any atom is -0.485 e. The highest BCUT2D eigenvalue weighted by Gasteiger charge is 2.47. The van der Waals surface area contributed by atoms with E-state index in [0.717, 1.165) is 52.3 Å². The zero-order chi connectivity index (χ0) is 28.0. The van der Waals surface area contributed by atoms with E-state index in [9.17, 15) is 14.7 Å². The molecule has 6 rings (SSSR count). The number of carbonyl (C=O) groups excluding carboxylic acids is 1. The monoisotopic (exact) mass is 535 g/mol. The average Bonchev–Trinajstić information content (AvgIpc) is 3.22. The number of carboxylic acid groups (broad SMARTS) is 1. The Hall–Kier alpha value is -4.39. The molecular weight excluding hydrogens is 502 g/mol. The van der Waals surface area contributed by atoms with Gasteiger partial charge in [0, 0.05) is 42.6 Å². The van der Waals surface area contributed by atoms with Gasteiger partial charge in [-0.2, -0.15) is 0 Å². The number of benzene rings is 3. The van der Waals surface area contributed by atoms with Crippen molar-refractivity contribution in [2.24, 2.45) is 0 Å². The minimum atomic E-state index is -0.883. The first-order valence-corrected chi connectivity index (χ1v) is 13.8. The number of nitrogen functional groups attached to an aromatic ring is 1. The Labute approximate surface area is 233 Å². The molecule has 0 radical (unpaired) electrons. The van der Waals surface area contributed by atoms with Crippen molar-refractivity contribution in [2.75, 3.05) is 18.8 Å². The van der Waals surface area contributed by atoms with Crippen LogP contribution in [-0.2, 0) is 21.4 Å². The number of nitrogens with zero attached hydrogens (tertiary/aromatic N) is 2. The van der Waals surface area contributed by atoms with Crippen molar-refractivity contribution in [3.8, 4) is 16.9 Å². The lowest BCUT2D eigenvalue weighted by Gasteiger charge is -2.40. The second-order valence-electron chi connectivity index (χ2n) is 11.1. The van der Waals surface area contributed by atoms with Crippen LogP contribution < -0.4 is 10.5 Å². The molecule has 1 aliphatic heterocycles. The number of carboxylic acids is 1. The topological polar surface area (TPSA) is 106 Å². The number of aliphatic carboxylic acids is 1. The second-order valence-corrected chi connectivity index (χ2v) is 11.1. The summed E-state index contributed by atoms with van der Waals surface area (Å²) in [5.41, 5.74) is 12.2. The number of pyridine rings is 1. The molecule has 1 unspecified atom stereocenters. The number of ether oxygens (including phenoxy) is 1. The summed E-state index contributed by atoms with van der Waals surface area (Å²) in [6, 6.07) is 20.4. The number of rotatable bonds is 5. The van der Waals surface area contributed by atoms with Crippen LogP contribution >= 0.6 is 0 Å².